The summed E-state index contributed by atoms with van der Waals surface area (Å²) in [6, 6.07) is 8.36. The maximum atomic E-state index is 5.52. The highest BCUT2D eigenvalue weighted by molar-refractivity contribution is 5.62. The Labute approximate surface area is 89.4 Å². The topological polar surface area (TPSA) is 54.7 Å². The van der Waals surface area contributed by atoms with Crippen LogP contribution >= 0.6 is 0 Å². The van der Waals surface area contributed by atoms with Gasteiger partial charge in [-0.3, -0.25) is 0 Å². The molecule has 0 saturated heterocycles. The van der Waals surface area contributed by atoms with Crippen LogP contribution in [0.15, 0.2) is 36.8 Å². The largest absolute Gasteiger partial charge is 0.345 e. The quantitative estimate of drug-likeness (QED) is 0.794. The van der Waals surface area contributed by atoms with Crippen molar-refractivity contribution < 1.29 is 0 Å². The monoisotopic (exact) mass is 201 g/mol. The molecule has 0 aliphatic rings. The van der Waals surface area contributed by atoms with E-state index in [0.29, 0.717) is 0 Å². The van der Waals surface area contributed by atoms with Crippen molar-refractivity contribution >= 4 is 0 Å². The lowest BCUT2D eigenvalue weighted by atomic mass is 10.0. The zero-order valence-corrected chi connectivity index (χ0v) is 8.61. The van der Waals surface area contributed by atoms with Crippen molar-refractivity contribution in [1.82, 2.24) is 9.97 Å². The van der Waals surface area contributed by atoms with Crippen LogP contribution < -0.4 is 5.73 Å². The van der Waals surface area contributed by atoms with Gasteiger partial charge in [-0.25, -0.2) is 4.98 Å². The molecule has 0 amide bonds. The average molecular weight is 201 g/mol. The third-order valence-electron chi connectivity index (χ3n) is 2.46. The molecule has 3 heteroatoms. The molecular formula is C12H15N3. The minimum atomic E-state index is 0.733. The lowest BCUT2D eigenvalue weighted by Crippen LogP contribution is -2.01. The predicted molar refractivity (Wildman–Crippen MR) is 61.4 cm³/mol. The number of aromatic nitrogens is 2. The number of H-pyrrole nitrogens is 1. The van der Waals surface area contributed by atoms with Crippen LogP contribution in [0.4, 0.5) is 0 Å². The summed E-state index contributed by atoms with van der Waals surface area (Å²) in [4.78, 5) is 7.17. The molecule has 2 rings (SSSR count). The molecule has 0 fully saturated rings. The molecule has 3 nitrogen and oxygen atoms in total. The van der Waals surface area contributed by atoms with Crippen molar-refractivity contribution in [2.24, 2.45) is 5.73 Å². The Balaban J connectivity index is 2.30. The fraction of sp³-hybridized carbons (Fsp3) is 0.250. The molecule has 0 atom stereocenters. The smallest absolute Gasteiger partial charge is 0.0924 e. The molecule has 1 heterocycles. The summed E-state index contributed by atoms with van der Waals surface area (Å²) in [6.45, 7) is 0.733. The summed E-state index contributed by atoms with van der Waals surface area (Å²) >= 11 is 0. The Bertz CT molecular complexity index is 407. The van der Waals surface area contributed by atoms with Gasteiger partial charge in [0.05, 0.1) is 18.2 Å². The second-order valence-corrected chi connectivity index (χ2v) is 3.51. The van der Waals surface area contributed by atoms with E-state index in [0.717, 1.165) is 25.1 Å². The number of hydrogen-bond acceptors (Lipinski definition) is 2. The van der Waals surface area contributed by atoms with E-state index in [1.807, 2.05) is 12.3 Å². The van der Waals surface area contributed by atoms with Gasteiger partial charge in [0.1, 0.15) is 0 Å². The van der Waals surface area contributed by atoms with Crippen LogP contribution in [0.3, 0.4) is 0 Å². The third-order valence-corrected chi connectivity index (χ3v) is 2.46. The number of hydrogen-bond donors (Lipinski definition) is 2. The van der Waals surface area contributed by atoms with Crippen molar-refractivity contribution in [3.05, 3.63) is 42.4 Å². The molecule has 2 aromatic rings. The van der Waals surface area contributed by atoms with E-state index in [1.165, 1.54) is 11.1 Å². The molecule has 0 aliphatic heterocycles. The van der Waals surface area contributed by atoms with Gasteiger partial charge in [0.25, 0.3) is 0 Å². The Morgan fingerprint density at radius 1 is 1.27 bits per heavy atom. The number of imidazole rings is 1. The Kier molecular flexibility index (Phi) is 3.15. The minimum Gasteiger partial charge on any atom is -0.345 e. The SMILES string of the molecule is NCCCc1ccccc1-c1cnc[nH]1. The number of nitrogens with one attached hydrogen (secondary N) is 1. The summed E-state index contributed by atoms with van der Waals surface area (Å²) in [7, 11) is 0. The summed E-state index contributed by atoms with van der Waals surface area (Å²) < 4.78 is 0. The van der Waals surface area contributed by atoms with Gasteiger partial charge in [-0.2, -0.15) is 0 Å². The second kappa shape index (κ2) is 4.75. The number of benzene rings is 1. The average Bonchev–Trinajstić information content (AvgIpc) is 2.80. The van der Waals surface area contributed by atoms with Gasteiger partial charge in [-0.1, -0.05) is 24.3 Å². The summed E-state index contributed by atoms with van der Waals surface area (Å²) in [5.41, 5.74) is 9.15. The molecule has 78 valence electrons. The molecule has 1 aromatic carbocycles. The number of aryl methyl sites for hydroxylation is 1. The van der Waals surface area contributed by atoms with Crippen molar-refractivity contribution in [3.8, 4) is 11.3 Å². The van der Waals surface area contributed by atoms with Crippen molar-refractivity contribution in [2.45, 2.75) is 12.8 Å². The van der Waals surface area contributed by atoms with Gasteiger partial charge in [0, 0.05) is 5.56 Å². The molecular weight excluding hydrogens is 186 g/mol. The van der Waals surface area contributed by atoms with Gasteiger partial charge in [-0.05, 0) is 24.9 Å². The van der Waals surface area contributed by atoms with Crippen LogP contribution in [0.5, 0.6) is 0 Å². The zero-order chi connectivity index (χ0) is 10.5. The number of nitrogens with two attached hydrogens (primary N) is 1. The minimum absolute atomic E-state index is 0.733. The molecule has 0 unspecified atom stereocenters. The maximum absolute atomic E-state index is 5.52. The van der Waals surface area contributed by atoms with Crippen molar-refractivity contribution in [3.63, 3.8) is 0 Å². The van der Waals surface area contributed by atoms with E-state index in [2.05, 4.69) is 28.2 Å². The molecule has 15 heavy (non-hydrogen) atoms. The number of aromatic amines is 1. The Hall–Kier alpha value is -1.61. The Morgan fingerprint density at radius 2 is 2.13 bits per heavy atom. The highest BCUT2D eigenvalue weighted by atomic mass is 14.9. The van der Waals surface area contributed by atoms with Gasteiger partial charge >= 0.3 is 0 Å². The van der Waals surface area contributed by atoms with Gasteiger partial charge < -0.3 is 10.7 Å². The first kappa shape index (κ1) is 9.93. The highest BCUT2D eigenvalue weighted by Gasteiger charge is 2.04. The van der Waals surface area contributed by atoms with E-state index in [4.69, 9.17) is 5.73 Å². The molecule has 0 radical (unpaired) electrons. The van der Waals surface area contributed by atoms with E-state index in [9.17, 15) is 0 Å². The zero-order valence-electron chi connectivity index (χ0n) is 8.61. The normalized spacial score (nSPS) is 10.5. The number of rotatable bonds is 4. The van der Waals surface area contributed by atoms with Crippen LogP contribution in [0.25, 0.3) is 11.3 Å². The van der Waals surface area contributed by atoms with Gasteiger partial charge in [0.2, 0.25) is 0 Å². The second-order valence-electron chi connectivity index (χ2n) is 3.51. The standard InChI is InChI=1S/C12H15N3/c13-7-3-5-10-4-1-2-6-11(10)12-8-14-9-15-12/h1-2,4,6,8-9H,3,5,7,13H2,(H,14,15). The third kappa shape index (κ3) is 2.25. The first-order valence-corrected chi connectivity index (χ1v) is 5.18. The molecule has 1 aromatic heterocycles. The summed E-state index contributed by atoms with van der Waals surface area (Å²) in [5.74, 6) is 0. The van der Waals surface area contributed by atoms with Crippen LogP contribution in [0, 0.1) is 0 Å². The maximum Gasteiger partial charge on any atom is 0.0924 e. The van der Waals surface area contributed by atoms with Crippen molar-refractivity contribution in [2.75, 3.05) is 6.54 Å². The van der Waals surface area contributed by atoms with Gasteiger partial charge in [-0.15, -0.1) is 0 Å². The van der Waals surface area contributed by atoms with Crippen LogP contribution in [0.1, 0.15) is 12.0 Å². The van der Waals surface area contributed by atoms with E-state index >= 15 is 0 Å². The van der Waals surface area contributed by atoms with Crippen LogP contribution in [-0.4, -0.2) is 16.5 Å². The fourth-order valence-corrected chi connectivity index (χ4v) is 1.70. The lowest BCUT2D eigenvalue weighted by molar-refractivity contribution is 0.833. The van der Waals surface area contributed by atoms with Crippen molar-refractivity contribution in [1.29, 1.82) is 0 Å². The molecule has 0 aliphatic carbocycles. The highest BCUT2D eigenvalue weighted by Crippen LogP contribution is 2.21. The van der Waals surface area contributed by atoms with Crippen LogP contribution in [-0.2, 0) is 6.42 Å². The molecule has 0 saturated carbocycles. The van der Waals surface area contributed by atoms with E-state index < -0.39 is 0 Å². The molecule has 0 bridgehead atoms. The van der Waals surface area contributed by atoms with E-state index in [1.54, 1.807) is 6.33 Å². The first-order valence-electron chi connectivity index (χ1n) is 5.18. The van der Waals surface area contributed by atoms with E-state index in [-0.39, 0.29) is 0 Å². The molecule has 3 N–H and O–H groups in total. The fourth-order valence-electron chi connectivity index (χ4n) is 1.70. The summed E-state index contributed by atoms with van der Waals surface area (Å²) in [6.07, 6.45) is 5.59. The Morgan fingerprint density at radius 3 is 2.87 bits per heavy atom. The molecule has 0 spiro atoms. The first-order chi connectivity index (χ1) is 7.42. The van der Waals surface area contributed by atoms with Gasteiger partial charge in [0.15, 0.2) is 0 Å². The summed E-state index contributed by atoms with van der Waals surface area (Å²) in [5, 5.41) is 0. The number of nitrogens with zero attached hydrogens (tertiary/aromatic N) is 1. The van der Waals surface area contributed by atoms with Crippen LogP contribution in [0.2, 0.25) is 0 Å². The predicted octanol–water partition coefficient (Wildman–Crippen LogP) is 1.97. The lowest BCUT2D eigenvalue weighted by Gasteiger charge is -2.06.